The number of ether oxygens (including phenoxy) is 1. The molecule has 0 radical (unpaired) electrons. The van der Waals surface area contributed by atoms with Gasteiger partial charge in [0.15, 0.2) is 0 Å². The molecule has 0 unspecified atom stereocenters. The van der Waals surface area contributed by atoms with Crippen molar-refractivity contribution in [2.24, 2.45) is 0 Å². The lowest BCUT2D eigenvalue weighted by atomic mass is 10.2. The third-order valence-corrected chi connectivity index (χ3v) is 3.46. The molecule has 0 saturated carbocycles. The van der Waals surface area contributed by atoms with Crippen molar-refractivity contribution in [2.45, 2.75) is 11.5 Å². The Morgan fingerprint density at radius 2 is 2.29 bits per heavy atom. The molecule has 0 aliphatic carbocycles. The summed E-state index contributed by atoms with van der Waals surface area (Å²) >= 11 is 5.82. The lowest BCUT2D eigenvalue weighted by molar-refractivity contribution is 0.278. The van der Waals surface area contributed by atoms with Crippen LogP contribution in [0.4, 0.5) is 0 Å². The van der Waals surface area contributed by atoms with Gasteiger partial charge in [0, 0.05) is 15.0 Å². The van der Waals surface area contributed by atoms with E-state index >= 15 is 0 Å². The summed E-state index contributed by atoms with van der Waals surface area (Å²) in [4.78, 5) is 1.76. The van der Waals surface area contributed by atoms with E-state index in [-0.39, 0.29) is 6.61 Å². The largest absolute Gasteiger partial charge is 0.495 e. The van der Waals surface area contributed by atoms with E-state index in [0.717, 1.165) is 25.6 Å². The van der Waals surface area contributed by atoms with Gasteiger partial charge in [-0.25, -0.2) is 0 Å². The molecule has 0 aliphatic heterocycles. The first-order chi connectivity index (χ1) is 6.76. The summed E-state index contributed by atoms with van der Waals surface area (Å²) in [6.07, 6.45) is 0. The highest BCUT2D eigenvalue weighted by molar-refractivity contribution is 7.80. The summed E-state index contributed by atoms with van der Waals surface area (Å²) in [5, 5.41) is 10.2. The van der Waals surface area contributed by atoms with Gasteiger partial charge in [-0.15, -0.1) is 24.0 Å². The molecule has 0 fully saturated rings. The molecule has 2 nitrogen and oxygen atoms in total. The number of methoxy groups -OCH3 is 1. The van der Waals surface area contributed by atoms with Crippen LogP contribution in [0.1, 0.15) is 4.88 Å². The number of fused-ring (bicyclic) bond motifs is 1. The van der Waals surface area contributed by atoms with Gasteiger partial charge in [-0.2, -0.15) is 0 Å². The van der Waals surface area contributed by atoms with Crippen LogP contribution in [0.15, 0.2) is 23.1 Å². The average molecular weight is 226 g/mol. The molecule has 0 amide bonds. The van der Waals surface area contributed by atoms with Crippen LogP contribution in [0.3, 0.4) is 0 Å². The van der Waals surface area contributed by atoms with Gasteiger partial charge < -0.3 is 9.84 Å². The predicted molar refractivity (Wildman–Crippen MR) is 61.6 cm³/mol. The van der Waals surface area contributed by atoms with E-state index < -0.39 is 0 Å². The van der Waals surface area contributed by atoms with Crippen LogP contribution in [-0.2, 0) is 6.61 Å². The Bertz CT molecular complexity index is 462. The number of rotatable bonds is 2. The standard InChI is InChI=1S/C10H10O2S2/c1-12-10-7-4-6(13)2-3-8(7)14-9(10)5-11/h2-4,11,13H,5H2,1H3. The van der Waals surface area contributed by atoms with E-state index in [4.69, 9.17) is 9.84 Å². The van der Waals surface area contributed by atoms with Gasteiger partial charge in [0.05, 0.1) is 18.6 Å². The van der Waals surface area contributed by atoms with E-state index in [1.807, 2.05) is 18.2 Å². The molecule has 1 heterocycles. The maximum absolute atomic E-state index is 9.13. The molecule has 2 aromatic rings. The highest BCUT2D eigenvalue weighted by Crippen LogP contribution is 2.38. The molecule has 1 aromatic heterocycles. The molecule has 2 rings (SSSR count). The zero-order chi connectivity index (χ0) is 10.1. The summed E-state index contributed by atoms with van der Waals surface area (Å²) in [6.45, 7) is 0.0183. The molecular weight excluding hydrogens is 216 g/mol. The molecule has 0 aliphatic rings. The van der Waals surface area contributed by atoms with Crippen molar-refractivity contribution in [1.29, 1.82) is 0 Å². The highest BCUT2D eigenvalue weighted by atomic mass is 32.1. The highest BCUT2D eigenvalue weighted by Gasteiger charge is 2.11. The van der Waals surface area contributed by atoms with Crippen molar-refractivity contribution in [3.63, 3.8) is 0 Å². The van der Waals surface area contributed by atoms with Gasteiger partial charge in [-0.05, 0) is 18.2 Å². The van der Waals surface area contributed by atoms with Crippen LogP contribution in [0.25, 0.3) is 10.1 Å². The maximum atomic E-state index is 9.13. The number of hydrogen-bond acceptors (Lipinski definition) is 4. The zero-order valence-electron chi connectivity index (χ0n) is 7.65. The number of aliphatic hydroxyl groups is 1. The predicted octanol–water partition coefficient (Wildman–Crippen LogP) is 2.69. The first-order valence-corrected chi connectivity index (χ1v) is 5.42. The average Bonchev–Trinajstić information content (AvgIpc) is 2.54. The van der Waals surface area contributed by atoms with Gasteiger partial charge >= 0.3 is 0 Å². The Morgan fingerprint density at radius 3 is 2.93 bits per heavy atom. The molecule has 0 bridgehead atoms. The van der Waals surface area contributed by atoms with E-state index in [2.05, 4.69) is 12.6 Å². The summed E-state index contributed by atoms with van der Waals surface area (Å²) in [5.41, 5.74) is 0. The number of benzene rings is 1. The van der Waals surface area contributed by atoms with Crippen molar-refractivity contribution in [1.82, 2.24) is 0 Å². The molecule has 4 heteroatoms. The lowest BCUT2D eigenvalue weighted by Crippen LogP contribution is -1.85. The number of thiophene rings is 1. The minimum Gasteiger partial charge on any atom is -0.495 e. The fourth-order valence-corrected chi connectivity index (χ4v) is 2.66. The molecule has 1 N–H and O–H groups in total. The van der Waals surface area contributed by atoms with Crippen LogP contribution in [0, 0.1) is 0 Å². The third kappa shape index (κ3) is 1.49. The second-order valence-electron chi connectivity index (χ2n) is 2.90. The molecule has 0 saturated heterocycles. The zero-order valence-corrected chi connectivity index (χ0v) is 9.36. The van der Waals surface area contributed by atoms with Crippen LogP contribution in [-0.4, -0.2) is 12.2 Å². The van der Waals surface area contributed by atoms with Crippen molar-refractivity contribution < 1.29 is 9.84 Å². The molecule has 14 heavy (non-hydrogen) atoms. The lowest BCUT2D eigenvalue weighted by Gasteiger charge is -1.99. The normalized spacial score (nSPS) is 10.8. The van der Waals surface area contributed by atoms with Gasteiger partial charge in [-0.3, -0.25) is 0 Å². The van der Waals surface area contributed by atoms with E-state index in [1.54, 1.807) is 18.4 Å². The Morgan fingerprint density at radius 1 is 1.50 bits per heavy atom. The van der Waals surface area contributed by atoms with E-state index in [1.165, 1.54) is 0 Å². The van der Waals surface area contributed by atoms with Gasteiger partial charge in [-0.1, -0.05) is 0 Å². The third-order valence-electron chi connectivity index (χ3n) is 2.04. The second kappa shape index (κ2) is 3.81. The Balaban J connectivity index is 2.74. The SMILES string of the molecule is COc1c(CO)sc2ccc(S)cc12. The van der Waals surface area contributed by atoms with E-state index in [0.29, 0.717) is 0 Å². The first kappa shape index (κ1) is 9.83. The first-order valence-electron chi connectivity index (χ1n) is 4.15. The van der Waals surface area contributed by atoms with E-state index in [9.17, 15) is 0 Å². The minimum atomic E-state index is 0.0183. The molecular formula is C10H10O2S2. The number of aliphatic hydroxyl groups excluding tert-OH is 1. The maximum Gasteiger partial charge on any atom is 0.142 e. The number of thiol groups is 1. The minimum absolute atomic E-state index is 0.0183. The second-order valence-corrected chi connectivity index (χ2v) is 4.55. The Hall–Kier alpha value is -0.710. The smallest absolute Gasteiger partial charge is 0.142 e. The van der Waals surface area contributed by atoms with Crippen molar-refractivity contribution in [3.8, 4) is 5.75 Å². The summed E-state index contributed by atoms with van der Waals surface area (Å²) in [6, 6.07) is 5.87. The fraction of sp³-hybridized carbons (Fsp3) is 0.200. The monoisotopic (exact) mass is 226 g/mol. The molecule has 1 aromatic carbocycles. The number of hydrogen-bond donors (Lipinski definition) is 2. The quantitative estimate of drug-likeness (QED) is 0.771. The van der Waals surface area contributed by atoms with Gasteiger partial charge in [0.2, 0.25) is 0 Å². The molecule has 0 spiro atoms. The van der Waals surface area contributed by atoms with Crippen LogP contribution < -0.4 is 4.74 Å². The molecule has 74 valence electrons. The van der Waals surface area contributed by atoms with Crippen LogP contribution in [0.2, 0.25) is 0 Å². The topological polar surface area (TPSA) is 29.5 Å². The van der Waals surface area contributed by atoms with Gasteiger partial charge in [0.25, 0.3) is 0 Å². The van der Waals surface area contributed by atoms with Crippen molar-refractivity contribution >= 4 is 34.1 Å². The summed E-state index contributed by atoms with van der Waals surface area (Å²) in [7, 11) is 1.62. The summed E-state index contributed by atoms with van der Waals surface area (Å²) < 4.78 is 6.38. The van der Waals surface area contributed by atoms with Crippen LogP contribution >= 0.6 is 24.0 Å². The summed E-state index contributed by atoms with van der Waals surface area (Å²) in [5.74, 6) is 0.767. The molecule has 0 atom stereocenters. The van der Waals surface area contributed by atoms with Crippen molar-refractivity contribution in [3.05, 3.63) is 23.1 Å². The van der Waals surface area contributed by atoms with Crippen LogP contribution in [0.5, 0.6) is 5.75 Å². The Labute approximate surface area is 91.5 Å². The van der Waals surface area contributed by atoms with Gasteiger partial charge in [0.1, 0.15) is 5.75 Å². The fourth-order valence-electron chi connectivity index (χ4n) is 1.44. The van der Waals surface area contributed by atoms with Crippen molar-refractivity contribution in [2.75, 3.05) is 7.11 Å². The Kier molecular flexibility index (Phi) is 2.67.